The van der Waals surface area contributed by atoms with Gasteiger partial charge >= 0.3 is 88.1 Å². The first-order valence-electron chi connectivity index (χ1n) is 4.00. The molecule has 0 saturated heterocycles. The van der Waals surface area contributed by atoms with Gasteiger partial charge < -0.3 is 0 Å². The molecule has 0 radical (unpaired) electrons. The molecule has 1 amide bonds. The van der Waals surface area contributed by atoms with E-state index in [0.717, 1.165) is 0 Å². The zero-order chi connectivity index (χ0) is 11.5. The molecular formula is C8H10AsNO5. The Morgan fingerprint density at radius 2 is 2.07 bits per heavy atom. The van der Waals surface area contributed by atoms with Crippen LogP contribution in [0.2, 0.25) is 0 Å². The molecule has 7 heteroatoms. The van der Waals surface area contributed by atoms with Gasteiger partial charge in [-0.1, -0.05) is 0 Å². The van der Waals surface area contributed by atoms with E-state index in [1.54, 1.807) is 0 Å². The SMILES string of the molecule is O=C(CO)Nc1cccc([As](=O)(O)O)c1. The Balaban J connectivity index is 2.93. The van der Waals surface area contributed by atoms with Crippen LogP contribution in [0, 0.1) is 0 Å². The van der Waals surface area contributed by atoms with Crippen molar-refractivity contribution in [2.24, 2.45) is 0 Å². The van der Waals surface area contributed by atoms with Gasteiger partial charge in [0.15, 0.2) is 0 Å². The summed E-state index contributed by atoms with van der Waals surface area (Å²) in [4.78, 5) is 10.8. The van der Waals surface area contributed by atoms with E-state index in [1.165, 1.54) is 24.3 Å². The minimum absolute atomic E-state index is 0.121. The molecule has 0 aliphatic carbocycles. The minimum atomic E-state index is -4.92. The van der Waals surface area contributed by atoms with Crippen LogP contribution in [0.15, 0.2) is 24.3 Å². The molecule has 1 aromatic carbocycles. The number of nitrogens with one attached hydrogen (secondary N) is 1. The van der Waals surface area contributed by atoms with E-state index >= 15 is 0 Å². The Morgan fingerprint density at radius 1 is 1.40 bits per heavy atom. The van der Waals surface area contributed by atoms with Crippen molar-refractivity contribution in [1.29, 1.82) is 0 Å². The van der Waals surface area contributed by atoms with Gasteiger partial charge in [-0.3, -0.25) is 0 Å². The third kappa shape index (κ3) is 3.53. The van der Waals surface area contributed by atoms with Gasteiger partial charge in [-0.25, -0.2) is 0 Å². The number of rotatable bonds is 3. The number of carbonyl (C=O) groups is 1. The molecule has 0 heterocycles. The van der Waals surface area contributed by atoms with Crippen LogP contribution in [0.1, 0.15) is 0 Å². The van der Waals surface area contributed by atoms with E-state index in [9.17, 15) is 8.53 Å². The second-order valence-electron chi connectivity index (χ2n) is 2.80. The average molecular weight is 275 g/mol. The van der Waals surface area contributed by atoms with E-state index < -0.39 is 26.7 Å². The van der Waals surface area contributed by atoms with Crippen molar-refractivity contribution in [1.82, 2.24) is 0 Å². The summed E-state index contributed by atoms with van der Waals surface area (Å²) in [6.07, 6.45) is 0. The monoisotopic (exact) mass is 275 g/mol. The Morgan fingerprint density at radius 3 is 2.60 bits per heavy atom. The summed E-state index contributed by atoms with van der Waals surface area (Å²) in [5.41, 5.74) is 0.247. The van der Waals surface area contributed by atoms with Gasteiger partial charge in [0.1, 0.15) is 0 Å². The normalized spacial score (nSPS) is 11.1. The van der Waals surface area contributed by atoms with Crippen molar-refractivity contribution in [3.63, 3.8) is 0 Å². The maximum absolute atomic E-state index is 10.9. The summed E-state index contributed by atoms with van der Waals surface area (Å²) >= 11 is -4.92. The molecule has 0 spiro atoms. The van der Waals surface area contributed by atoms with Crippen LogP contribution in [0.4, 0.5) is 5.69 Å². The topological polar surface area (TPSA) is 107 Å². The van der Waals surface area contributed by atoms with Crippen LogP contribution in [0.25, 0.3) is 0 Å². The number of hydrogen-bond donors (Lipinski definition) is 4. The molecule has 1 aromatic rings. The van der Waals surface area contributed by atoms with E-state index in [-0.39, 0.29) is 10.0 Å². The molecule has 0 atom stereocenters. The maximum atomic E-state index is 10.9. The van der Waals surface area contributed by atoms with E-state index in [1.807, 2.05) is 0 Å². The van der Waals surface area contributed by atoms with Gasteiger partial charge in [-0.15, -0.1) is 0 Å². The second-order valence-corrected chi connectivity index (χ2v) is 6.17. The molecule has 15 heavy (non-hydrogen) atoms. The molecular weight excluding hydrogens is 265 g/mol. The fraction of sp³-hybridized carbons (Fsp3) is 0.125. The zero-order valence-corrected chi connectivity index (χ0v) is 9.50. The third-order valence-electron chi connectivity index (χ3n) is 1.61. The molecule has 0 aliphatic rings. The molecule has 0 fully saturated rings. The molecule has 0 aromatic heterocycles. The average Bonchev–Trinajstić information content (AvgIpc) is 2.17. The molecule has 82 valence electrons. The molecule has 0 bridgehead atoms. The Kier molecular flexibility index (Phi) is 3.71. The third-order valence-corrected chi connectivity index (χ3v) is 3.60. The standard InChI is InChI=1S/C8H10AsNO5/c11-5-8(12)10-7-3-1-2-6(4-7)9(13,14)15/h1-4,11H,5H2,(H,10,12)(H2,13,14,15). The van der Waals surface area contributed by atoms with Crippen LogP contribution in [-0.4, -0.2) is 40.0 Å². The van der Waals surface area contributed by atoms with Gasteiger partial charge in [-0.05, 0) is 0 Å². The Bertz CT molecular complexity index is 413. The Hall–Kier alpha value is -1.07. The number of aliphatic hydroxyl groups excluding tert-OH is 1. The van der Waals surface area contributed by atoms with Gasteiger partial charge in [0, 0.05) is 0 Å². The second kappa shape index (κ2) is 4.63. The van der Waals surface area contributed by atoms with Crippen LogP contribution >= 0.6 is 0 Å². The summed E-state index contributed by atoms with van der Waals surface area (Å²) in [6.45, 7) is -0.675. The summed E-state index contributed by atoms with van der Waals surface area (Å²) < 4.78 is 28.6. The van der Waals surface area contributed by atoms with Gasteiger partial charge in [-0.2, -0.15) is 0 Å². The predicted octanol–water partition coefficient (Wildman–Crippen LogP) is -1.82. The molecule has 0 aliphatic heterocycles. The number of aliphatic hydroxyl groups is 1. The quantitative estimate of drug-likeness (QED) is 0.486. The predicted molar refractivity (Wildman–Crippen MR) is 52.7 cm³/mol. The van der Waals surface area contributed by atoms with Crippen molar-refractivity contribution in [2.75, 3.05) is 11.9 Å². The van der Waals surface area contributed by atoms with Gasteiger partial charge in [0.05, 0.1) is 0 Å². The van der Waals surface area contributed by atoms with Crippen molar-refractivity contribution >= 4 is 30.1 Å². The van der Waals surface area contributed by atoms with Crippen LogP contribution in [0.3, 0.4) is 0 Å². The summed E-state index contributed by atoms with van der Waals surface area (Å²) in [5.74, 6) is -0.634. The first kappa shape index (κ1) is 12.0. The fourth-order valence-electron chi connectivity index (χ4n) is 0.965. The molecule has 0 saturated carbocycles. The summed E-state index contributed by atoms with van der Waals surface area (Å²) in [5, 5.41) is 10.7. The number of benzene rings is 1. The van der Waals surface area contributed by atoms with Crippen LogP contribution in [0.5, 0.6) is 0 Å². The van der Waals surface area contributed by atoms with Crippen molar-refractivity contribution in [3.8, 4) is 0 Å². The first-order chi connectivity index (χ1) is 6.93. The zero-order valence-electron chi connectivity index (χ0n) is 7.62. The van der Waals surface area contributed by atoms with E-state index in [0.29, 0.717) is 0 Å². The van der Waals surface area contributed by atoms with Gasteiger partial charge in [0.2, 0.25) is 0 Å². The van der Waals surface area contributed by atoms with E-state index in [2.05, 4.69) is 5.32 Å². The molecule has 4 N–H and O–H groups in total. The van der Waals surface area contributed by atoms with Crippen molar-refractivity contribution < 1.29 is 21.8 Å². The number of amides is 1. The number of hydrogen-bond acceptors (Lipinski definition) is 3. The summed E-state index contributed by atoms with van der Waals surface area (Å²) in [6, 6.07) is 5.37. The van der Waals surface area contributed by atoms with Crippen LogP contribution in [-0.2, 0) is 8.53 Å². The van der Waals surface area contributed by atoms with Crippen molar-refractivity contribution in [2.45, 2.75) is 0 Å². The molecule has 1 rings (SSSR count). The molecule has 0 unspecified atom stereocenters. The summed E-state index contributed by atoms with van der Waals surface area (Å²) in [7, 11) is 0. The van der Waals surface area contributed by atoms with Gasteiger partial charge in [0.25, 0.3) is 0 Å². The molecule has 6 nitrogen and oxygen atoms in total. The Labute approximate surface area is 88.6 Å². The van der Waals surface area contributed by atoms with Crippen molar-refractivity contribution in [3.05, 3.63) is 24.3 Å². The number of anilines is 1. The fourth-order valence-corrected chi connectivity index (χ4v) is 2.20. The first-order valence-corrected chi connectivity index (χ1v) is 7.38. The van der Waals surface area contributed by atoms with Crippen LogP contribution < -0.4 is 9.67 Å². The van der Waals surface area contributed by atoms with E-state index in [4.69, 9.17) is 13.3 Å². The number of carbonyl (C=O) groups excluding carboxylic acids is 1.